The third kappa shape index (κ3) is 2.05. The van der Waals surface area contributed by atoms with E-state index in [4.69, 9.17) is 5.11 Å². The highest BCUT2D eigenvalue weighted by Crippen LogP contribution is 2.06. The summed E-state index contributed by atoms with van der Waals surface area (Å²) in [7, 11) is 1.89. The smallest absolute Gasteiger partial charge is 0.0679 e. The second kappa shape index (κ2) is 3.05. The van der Waals surface area contributed by atoms with Crippen LogP contribution in [0.25, 0.3) is 0 Å². The van der Waals surface area contributed by atoms with E-state index in [2.05, 4.69) is 5.10 Å². The van der Waals surface area contributed by atoms with Crippen LogP contribution >= 0.6 is 0 Å². The predicted octanol–water partition coefficient (Wildman–Crippen LogP) is 0.652. The SMILES string of the molecule is Cc1cn(C)nc1CC(C)O. The molecule has 0 bridgehead atoms. The maximum Gasteiger partial charge on any atom is 0.0679 e. The van der Waals surface area contributed by atoms with E-state index in [0.717, 1.165) is 11.3 Å². The molecule has 0 aromatic carbocycles. The second-order valence-electron chi connectivity index (χ2n) is 2.99. The first-order valence-electron chi connectivity index (χ1n) is 3.77. The Hall–Kier alpha value is -0.830. The fraction of sp³-hybridized carbons (Fsp3) is 0.625. The van der Waals surface area contributed by atoms with Gasteiger partial charge in [0.1, 0.15) is 0 Å². The van der Waals surface area contributed by atoms with Crippen LogP contribution < -0.4 is 0 Å². The lowest BCUT2D eigenvalue weighted by Gasteiger charge is -2.00. The zero-order valence-electron chi connectivity index (χ0n) is 7.20. The van der Waals surface area contributed by atoms with Crippen LogP contribution in [0.15, 0.2) is 6.20 Å². The first-order chi connectivity index (χ1) is 5.09. The van der Waals surface area contributed by atoms with Crippen LogP contribution in [0, 0.1) is 6.92 Å². The Balaban J connectivity index is 2.77. The molecule has 1 heterocycles. The number of hydrogen-bond donors (Lipinski definition) is 1. The van der Waals surface area contributed by atoms with Gasteiger partial charge in [-0.25, -0.2) is 0 Å². The van der Waals surface area contributed by atoms with Gasteiger partial charge in [0.05, 0.1) is 11.8 Å². The largest absolute Gasteiger partial charge is 0.393 e. The molecule has 0 saturated heterocycles. The topological polar surface area (TPSA) is 38.0 Å². The van der Waals surface area contributed by atoms with Crippen LogP contribution in [0.3, 0.4) is 0 Å². The number of nitrogens with zero attached hydrogens (tertiary/aromatic N) is 2. The van der Waals surface area contributed by atoms with Crippen molar-refractivity contribution in [1.29, 1.82) is 0 Å². The van der Waals surface area contributed by atoms with Crippen LogP contribution in [0.1, 0.15) is 18.2 Å². The minimum Gasteiger partial charge on any atom is -0.393 e. The lowest BCUT2D eigenvalue weighted by Crippen LogP contribution is -2.06. The summed E-state index contributed by atoms with van der Waals surface area (Å²) in [6, 6.07) is 0. The second-order valence-corrected chi connectivity index (χ2v) is 2.99. The van der Waals surface area contributed by atoms with Crippen molar-refractivity contribution in [2.24, 2.45) is 7.05 Å². The van der Waals surface area contributed by atoms with Gasteiger partial charge in [-0.1, -0.05) is 0 Å². The molecule has 1 aromatic rings. The van der Waals surface area contributed by atoms with Crippen LogP contribution in [0.2, 0.25) is 0 Å². The van der Waals surface area contributed by atoms with E-state index in [9.17, 15) is 0 Å². The van der Waals surface area contributed by atoms with E-state index < -0.39 is 0 Å². The predicted molar refractivity (Wildman–Crippen MR) is 43.3 cm³/mol. The first kappa shape index (κ1) is 8.27. The van der Waals surface area contributed by atoms with Gasteiger partial charge in [0.15, 0.2) is 0 Å². The van der Waals surface area contributed by atoms with Crippen LogP contribution in [0.4, 0.5) is 0 Å². The summed E-state index contributed by atoms with van der Waals surface area (Å²) in [6.45, 7) is 3.78. The van der Waals surface area contributed by atoms with E-state index in [1.54, 1.807) is 11.6 Å². The molecule has 0 spiro atoms. The Kier molecular flexibility index (Phi) is 2.29. The lowest BCUT2D eigenvalue weighted by molar-refractivity contribution is 0.194. The average molecular weight is 154 g/mol. The maximum absolute atomic E-state index is 9.09. The van der Waals surface area contributed by atoms with Crippen molar-refractivity contribution in [3.05, 3.63) is 17.5 Å². The van der Waals surface area contributed by atoms with Gasteiger partial charge in [-0.2, -0.15) is 5.10 Å². The van der Waals surface area contributed by atoms with Crippen molar-refractivity contribution in [3.63, 3.8) is 0 Å². The Morgan fingerprint density at radius 2 is 2.36 bits per heavy atom. The molecule has 1 aromatic heterocycles. The molecule has 1 atom stereocenters. The molecular formula is C8H14N2O. The van der Waals surface area contributed by atoms with Crippen molar-refractivity contribution in [2.45, 2.75) is 26.4 Å². The number of aliphatic hydroxyl groups is 1. The van der Waals surface area contributed by atoms with Gasteiger partial charge in [0, 0.05) is 19.7 Å². The molecule has 0 aliphatic carbocycles. The molecule has 11 heavy (non-hydrogen) atoms. The van der Waals surface area contributed by atoms with Crippen molar-refractivity contribution in [2.75, 3.05) is 0 Å². The van der Waals surface area contributed by atoms with E-state index in [0.29, 0.717) is 6.42 Å². The minimum atomic E-state index is -0.302. The minimum absolute atomic E-state index is 0.302. The van der Waals surface area contributed by atoms with E-state index >= 15 is 0 Å². The van der Waals surface area contributed by atoms with Crippen LogP contribution in [0.5, 0.6) is 0 Å². The number of hydrogen-bond acceptors (Lipinski definition) is 2. The highest BCUT2D eigenvalue weighted by molar-refractivity contribution is 5.15. The Morgan fingerprint density at radius 1 is 1.73 bits per heavy atom. The average Bonchev–Trinajstić information content (AvgIpc) is 2.09. The molecule has 3 nitrogen and oxygen atoms in total. The summed E-state index contributed by atoms with van der Waals surface area (Å²) >= 11 is 0. The molecule has 0 fully saturated rings. The van der Waals surface area contributed by atoms with Crippen LogP contribution in [-0.2, 0) is 13.5 Å². The molecule has 0 aliphatic heterocycles. The van der Waals surface area contributed by atoms with E-state index in [-0.39, 0.29) is 6.10 Å². The molecule has 0 amide bonds. The quantitative estimate of drug-likeness (QED) is 0.679. The number of rotatable bonds is 2. The maximum atomic E-state index is 9.09. The number of aromatic nitrogens is 2. The summed E-state index contributed by atoms with van der Waals surface area (Å²) in [4.78, 5) is 0. The standard InChI is InChI=1S/C8H14N2O/c1-6-5-10(3)9-8(6)4-7(2)11/h5,7,11H,4H2,1-3H3. The van der Waals surface area contributed by atoms with Gasteiger partial charge in [0.25, 0.3) is 0 Å². The molecule has 0 radical (unpaired) electrons. The highest BCUT2D eigenvalue weighted by Gasteiger charge is 2.05. The molecule has 1 rings (SSSR count). The van der Waals surface area contributed by atoms with Crippen molar-refractivity contribution in [1.82, 2.24) is 9.78 Å². The van der Waals surface area contributed by atoms with Gasteiger partial charge >= 0.3 is 0 Å². The van der Waals surface area contributed by atoms with Crippen molar-refractivity contribution in [3.8, 4) is 0 Å². The number of aryl methyl sites for hydroxylation is 2. The zero-order chi connectivity index (χ0) is 8.43. The van der Waals surface area contributed by atoms with Gasteiger partial charge in [-0.15, -0.1) is 0 Å². The van der Waals surface area contributed by atoms with Gasteiger partial charge in [-0.3, -0.25) is 4.68 Å². The third-order valence-corrected chi connectivity index (χ3v) is 1.60. The van der Waals surface area contributed by atoms with Gasteiger partial charge < -0.3 is 5.11 Å². The fourth-order valence-electron chi connectivity index (χ4n) is 1.13. The highest BCUT2D eigenvalue weighted by atomic mass is 16.3. The van der Waals surface area contributed by atoms with E-state index in [1.807, 2.05) is 20.2 Å². The summed E-state index contributed by atoms with van der Waals surface area (Å²) < 4.78 is 1.77. The summed E-state index contributed by atoms with van der Waals surface area (Å²) in [5.74, 6) is 0. The molecule has 62 valence electrons. The monoisotopic (exact) mass is 154 g/mol. The Bertz CT molecular complexity index is 240. The van der Waals surface area contributed by atoms with Crippen LogP contribution in [-0.4, -0.2) is 21.0 Å². The van der Waals surface area contributed by atoms with E-state index in [1.165, 1.54) is 0 Å². The third-order valence-electron chi connectivity index (χ3n) is 1.60. The summed E-state index contributed by atoms with van der Waals surface area (Å²) in [5.41, 5.74) is 2.14. The van der Waals surface area contributed by atoms with Gasteiger partial charge in [-0.05, 0) is 19.4 Å². The molecule has 3 heteroatoms. The Labute approximate surface area is 66.7 Å². The number of aliphatic hydroxyl groups excluding tert-OH is 1. The molecule has 0 aliphatic rings. The van der Waals surface area contributed by atoms with Crippen molar-refractivity contribution >= 4 is 0 Å². The molecule has 1 unspecified atom stereocenters. The lowest BCUT2D eigenvalue weighted by atomic mass is 10.1. The molecule has 0 saturated carbocycles. The Morgan fingerprint density at radius 3 is 2.73 bits per heavy atom. The van der Waals surface area contributed by atoms with Crippen molar-refractivity contribution < 1.29 is 5.11 Å². The first-order valence-corrected chi connectivity index (χ1v) is 3.77. The molecule has 1 N–H and O–H groups in total. The zero-order valence-corrected chi connectivity index (χ0v) is 7.20. The summed E-state index contributed by atoms with van der Waals surface area (Å²) in [5, 5.41) is 13.3. The molecular weight excluding hydrogens is 140 g/mol. The fourth-order valence-corrected chi connectivity index (χ4v) is 1.13. The van der Waals surface area contributed by atoms with Gasteiger partial charge in [0.2, 0.25) is 0 Å². The summed E-state index contributed by atoms with van der Waals surface area (Å²) in [6.07, 6.45) is 2.30. The normalized spacial score (nSPS) is 13.5.